The van der Waals surface area contributed by atoms with E-state index in [0.717, 1.165) is 16.5 Å². The number of rotatable bonds is 3. The molecule has 0 aliphatic rings. The molecule has 0 fully saturated rings. The molecule has 0 bridgehead atoms. The molecule has 0 saturated heterocycles. The van der Waals surface area contributed by atoms with Gasteiger partial charge in [0.2, 0.25) is 0 Å². The first-order valence-electron chi connectivity index (χ1n) is 3.31. The highest BCUT2D eigenvalue weighted by molar-refractivity contribution is 7.99. The molecule has 0 atom stereocenters. The van der Waals surface area contributed by atoms with E-state index >= 15 is 0 Å². The van der Waals surface area contributed by atoms with Gasteiger partial charge in [0.25, 0.3) is 0 Å². The van der Waals surface area contributed by atoms with E-state index in [1.165, 1.54) is 0 Å². The number of thioether (sulfide) groups is 1. The van der Waals surface area contributed by atoms with Gasteiger partial charge in [-0.05, 0) is 6.92 Å². The molecule has 1 aromatic rings. The number of hydrogen-bond donors (Lipinski definition) is 0. The summed E-state index contributed by atoms with van der Waals surface area (Å²) in [6.07, 6.45) is 3.39. The molecule has 0 N–H and O–H groups in total. The van der Waals surface area contributed by atoms with Crippen LogP contribution in [0.15, 0.2) is 17.4 Å². The molecule has 0 aliphatic carbocycles. The number of aromatic nitrogens is 2. The predicted octanol–water partition coefficient (Wildman–Crippen LogP) is 2.12. The van der Waals surface area contributed by atoms with Crippen molar-refractivity contribution in [2.24, 2.45) is 0 Å². The maximum atomic E-state index is 5.53. The van der Waals surface area contributed by atoms with Gasteiger partial charge in [-0.2, -0.15) is 0 Å². The van der Waals surface area contributed by atoms with Crippen LogP contribution in [0.1, 0.15) is 5.69 Å². The zero-order valence-electron chi connectivity index (χ0n) is 6.25. The highest BCUT2D eigenvalue weighted by Gasteiger charge is 1.98. The number of hydrogen-bond acceptors (Lipinski definition) is 3. The van der Waals surface area contributed by atoms with Crippen LogP contribution in [-0.4, -0.2) is 21.6 Å². The molecule has 4 heteroatoms. The van der Waals surface area contributed by atoms with E-state index < -0.39 is 0 Å². The fourth-order valence-electron chi connectivity index (χ4n) is 0.672. The standard InChI is InChI=1S/C7H9ClN2S/c1-6-7(11-5-2-8)10-4-3-9-6/h3-4H,2,5H2,1H3. The van der Waals surface area contributed by atoms with Gasteiger partial charge < -0.3 is 0 Å². The quantitative estimate of drug-likeness (QED) is 0.537. The van der Waals surface area contributed by atoms with Crippen LogP contribution < -0.4 is 0 Å². The average Bonchev–Trinajstić information content (AvgIpc) is 2.03. The van der Waals surface area contributed by atoms with Gasteiger partial charge in [-0.15, -0.1) is 23.4 Å². The largest absolute Gasteiger partial charge is 0.257 e. The van der Waals surface area contributed by atoms with Crippen LogP contribution in [0.25, 0.3) is 0 Å². The van der Waals surface area contributed by atoms with Gasteiger partial charge in [-0.3, -0.25) is 4.98 Å². The van der Waals surface area contributed by atoms with Crippen molar-refractivity contribution in [3.63, 3.8) is 0 Å². The Kier molecular flexibility index (Phi) is 3.66. The lowest BCUT2D eigenvalue weighted by Gasteiger charge is -1.99. The van der Waals surface area contributed by atoms with Crippen molar-refractivity contribution in [2.45, 2.75) is 11.9 Å². The van der Waals surface area contributed by atoms with Crippen LogP contribution in [0.4, 0.5) is 0 Å². The molecule has 0 aliphatic heterocycles. The van der Waals surface area contributed by atoms with Gasteiger partial charge in [-0.1, -0.05) is 0 Å². The molecule has 60 valence electrons. The molecule has 1 heterocycles. The Morgan fingerprint density at radius 3 is 2.82 bits per heavy atom. The monoisotopic (exact) mass is 188 g/mol. The van der Waals surface area contributed by atoms with Gasteiger partial charge in [0, 0.05) is 24.0 Å². The van der Waals surface area contributed by atoms with E-state index in [1.54, 1.807) is 24.2 Å². The first kappa shape index (κ1) is 8.81. The Labute approximate surface area is 75.4 Å². The summed E-state index contributed by atoms with van der Waals surface area (Å²) in [5, 5.41) is 0.980. The lowest BCUT2D eigenvalue weighted by atomic mass is 10.5. The summed E-state index contributed by atoms with van der Waals surface area (Å²) >= 11 is 7.18. The predicted molar refractivity (Wildman–Crippen MR) is 48.2 cm³/mol. The summed E-state index contributed by atoms with van der Waals surface area (Å²) in [4.78, 5) is 8.26. The van der Waals surface area contributed by atoms with E-state index in [2.05, 4.69) is 9.97 Å². The Morgan fingerprint density at radius 1 is 1.45 bits per heavy atom. The molecule has 2 nitrogen and oxygen atoms in total. The van der Waals surface area contributed by atoms with E-state index in [0.29, 0.717) is 5.88 Å². The van der Waals surface area contributed by atoms with Gasteiger partial charge in [0.1, 0.15) is 5.03 Å². The van der Waals surface area contributed by atoms with Crippen molar-refractivity contribution in [1.82, 2.24) is 9.97 Å². The number of halogens is 1. The van der Waals surface area contributed by atoms with Crippen LogP contribution in [0.3, 0.4) is 0 Å². The molecule has 0 aromatic carbocycles. The maximum absolute atomic E-state index is 5.53. The Hall–Kier alpha value is -0.280. The van der Waals surface area contributed by atoms with Crippen molar-refractivity contribution >= 4 is 23.4 Å². The van der Waals surface area contributed by atoms with E-state index in [9.17, 15) is 0 Å². The summed E-state index contributed by atoms with van der Waals surface area (Å²) in [6.45, 7) is 1.95. The summed E-state index contributed by atoms with van der Waals surface area (Å²) in [5.74, 6) is 1.54. The van der Waals surface area contributed by atoms with Crippen molar-refractivity contribution in [2.75, 3.05) is 11.6 Å². The third-order valence-corrected chi connectivity index (χ3v) is 2.65. The van der Waals surface area contributed by atoms with E-state index in [4.69, 9.17) is 11.6 Å². The molecular weight excluding hydrogens is 180 g/mol. The summed E-state index contributed by atoms with van der Waals surface area (Å²) < 4.78 is 0. The van der Waals surface area contributed by atoms with E-state index in [1.807, 2.05) is 6.92 Å². The number of alkyl halides is 1. The van der Waals surface area contributed by atoms with Crippen LogP contribution in [-0.2, 0) is 0 Å². The van der Waals surface area contributed by atoms with Crippen LogP contribution in [0.5, 0.6) is 0 Å². The van der Waals surface area contributed by atoms with Gasteiger partial charge >= 0.3 is 0 Å². The first-order chi connectivity index (χ1) is 5.34. The SMILES string of the molecule is Cc1nccnc1SCCCl. The minimum atomic E-state index is 0.653. The highest BCUT2D eigenvalue weighted by atomic mass is 35.5. The molecule has 0 spiro atoms. The van der Waals surface area contributed by atoms with Crippen molar-refractivity contribution in [3.8, 4) is 0 Å². The van der Waals surface area contributed by atoms with Crippen molar-refractivity contribution in [3.05, 3.63) is 18.1 Å². The Bertz CT molecular complexity index is 229. The second-order valence-electron chi connectivity index (χ2n) is 1.98. The van der Waals surface area contributed by atoms with Crippen molar-refractivity contribution < 1.29 is 0 Å². The summed E-state index contributed by atoms with van der Waals surface area (Å²) in [7, 11) is 0. The smallest absolute Gasteiger partial charge is 0.117 e. The maximum Gasteiger partial charge on any atom is 0.117 e. The topological polar surface area (TPSA) is 25.8 Å². The highest BCUT2D eigenvalue weighted by Crippen LogP contribution is 2.16. The molecule has 0 unspecified atom stereocenters. The third-order valence-electron chi connectivity index (χ3n) is 1.15. The van der Waals surface area contributed by atoms with Crippen LogP contribution >= 0.6 is 23.4 Å². The average molecular weight is 189 g/mol. The van der Waals surface area contributed by atoms with Gasteiger partial charge in [0.15, 0.2) is 0 Å². The minimum absolute atomic E-state index is 0.653. The molecule has 0 radical (unpaired) electrons. The van der Waals surface area contributed by atoms with Crippen LogP contribution in [0.2, 0.25) is 0 Å². The number of nitrogens with zero attached hydrogens (tertiary/aromatic N) is 2. The summed E-state index contributed by atoms with van der Waals surface area (Å²) in [6, 6.07) is 0. The molecule has 0 amide bonds. The second-order valence-corrected chi connectivity index (χ2v) is 3.45. The number of aryl methyl sites for hydroxylation is 1. The third kappa shape index (κ3) is 2.67. The van der Waals surface area contributed by atoms with Crippen LogP contribution in [0, 0.1) is 6.92 Å². The zero-order valence-corrected chi connectivity index (χ0v) is 7.82. The summed E-state index contributed by atoms with van der Waals surface area (Å²) in [5.41, 5.74) is 0.975. The van der Waals surface area contributed by atoms with E-state index in [-0.39, 0.29) is 0 Å². The molecule has 11 heavy (non-hydrogen) atoms. The first-order valence-corrected chi connectivity index (χ1v) is 4.83. The Morgan fingerprint density at radius 2 is 2.18 bits per heavy atom. The fraction of sp³-hybridized carbons (Fsp3) is 0.429. The fourth-order valence-corrected chi connectivity index (χ4v) is 1.57. The van der Waals surface area contributed by atoms with Gasteiger partial charge in [-0.25, -0.2) is 4.98 Å². The molecule has 1 aromatic heterocycles. The van der Waals surface area contributed by atoms with Gasteiger partial charge in [0.05, 0.1) is 5.69 Å². The Balaban J connectivity index is 2.62. The lowest BCUT2D eigenvalue weighted by Crippen LogP contribution is -1.89. The molecule has 1 rings (SSSR count). The normalized spacial score (nSPS) is 10.0. The van der Waals surface area contributed by atoms with Crippen molar-refractivity contribution in [1.29, 1.82) is 0 Å². The lowest BCUT2D eigenvalue weighted by molar-refractivity contribution is 0.987. The molecular formula is C7H9ClN2S. The second kappa shape index (κ2) is 4.57. The minimum Gasteiger partial charge on any atom is -0.257 e. The molecule has 0 saturated carbocycles. The zero-order chi connectivity index (χ0) is 8.10.